The number of hydrogen-bond donors (Lipinski definition) is 1. The van der Waals surface area contributed by atoms with Crippen molar-refractivity contribution >= 4 is 17.7 Å². The van der Waals surface area contributed by atoms with Crippen molar-refractivity contribution in [2.45, 2.75) is 39.5 Å². The quantitative estimate of drug-likeness (QED) is 0.836. The Hall–Kier alpha value is -2.31. The molecule has 0 aromatic carbocycles. The molecule has 1 aromatic heterocycles. The Balaban J connectivity index is 1.42. The first-order valence-electron chi connectivity index (χ1n) is 10.3. The second kappa shape index (κ2) is 9.26. The van der Waals surface area contributed by atoms with Gasteiger partial charge in [0.2, 0.25) is 11.8 Å². The van der Waals surface area contributed by atoms with Crippen LogP contribution in [0.3, 0.4) is 0 Å². The lowest BCUT2D eigenvalue weighted by Gasteiger charge is -2.37. The smallest absolute Gasteiger partial charge is 0.289 e. The number of furan rings is 1. The molecular weight excluding hydrogens is 358 g/mol. The minimum Gasteiger partial charge on any atom is -0.459 e. The van der Waals surface area contributed by atoms with Gasteiger partial charge in [-0.05, 0) is 43.7 Å². The van der Waals surface area contributed by atoms with Crippen molar-refractivity contribution in [2.75, 3.05) is 32.7 Å². The molecule has 0 spiro atoms. The van der Waals surface area contributed by atoms with Crippen LogP contribution in [-0.2, 0) is 9.59 Å². The molecule has 28 heavy (non-hydrogen) atoms. The van der Waals surface area contributed by atoms with E-state index in [4.69, 9.17) is 4.42 Å². The highest BCUT2D eigenvalue weighted by Gasteiger charge is 2.34. The van der Waals surface area contributed by atoms with E-state index >= 15 is 0 Å². The molecule has 3 amide bonds. The van der Waals surface area contributed by atoms with Crippen LogP contribution in [0.2, 0.25) is 0 Å². The molecule has 1 N–H and O–H groups in total. The lowest BCUT2D eigenvalue weighted by Crippen LogP contribution is -2.52. The van der Waals surface area contributed by atoms with Crippen molar-refractivity contribution in [3.63, 3.8) is 0 Å². The zero-order valence-electron chi connectivity index (χ0n) is 16.9. The lowest BCUT2D eigenvalue weighted by molar-refractivity contribution is -0.139. The number of rotatable bonds is 5. The van der Waals surface area contributed by atoms with Crippen molar-refractivity contribution in [3.05, 3.63) is 24.2 Å². The Kier molecular flexibility index (Phi) is 6.75. The summed E-state index contributed by atoms with van der Waals surface area (Å²) in [7, 11) is 0. The summed E-state index contributed by atoms with van der Waals surface area (Å²) in [5.74, 6) is 1.00. The normalized spacial score (nSPS) is 23.0. The summed E-state index contributed by atoms with van der Waals surface area (Å²) in [4.78, 5) is 41.0. The average molecular weight is 389 g/mol. The van der Waals surface area contributed by atoms with E-state index in [0.29, 0.717) is 44.4 Å². The van der Waals surface area contributed by atoms with Crippen LogP contribution < -0.4 is 5.32 Å². The first-order valence-corrected chi connectivity index (χ1v) is 10.3. The number of nitrogens with one attached hydrogen (secondary N) is 1. The maximum atomic E-state index is 12.9. The van der Waals surface area contributed by atoms with Crippen LogP contribution in [0, 0.1) is 17.8 Å². The molecule has 0 unspecified atom stereocenters. The minimum atomic E-state index is -0.120. The van der Waals surface area contributed by atoms with Crippen LogP contribution in [0.1, 0.15) is 50.1 Å². The highest BCUT2D eigenvalue weighted by Crippen LogP contribution is 2.30. The molecule has 2 heterocycles. The van der Waals surface area contributed by atoms with Crippen molar-refractivity contribution < 1.29 is 18.8 Å². The third-order valence-electron chi connectivity index (χ3n) is 5.74. The molecule has 2 aliphatic rings. The highest BCUT2D eigenvalue weighted by molar-refractivity contribution is 5.91. The summed E-state index contributed by atoms with van der Waals surface area (Å²) < 4.78 is 5.17. The fourth-order valence-electron chi connectivity index (χ4n) is 4.00. The molecule has 7 nitrogen and oxygen atoms in total. The molecule has 3 rings (SSSR count). The van der Waals surface area contributed by atoms with Crippen molar-refractivity contribution in [1.82, 2.24) is 15.1 Å². The van der Waals surface area contributed by atoms with Gasteiger partial charge in [-0.3, -0.25) is 14.4 Å². The Morgan fingerprint density at radius 3 is 2.21 bits per heavy atom. The van der Waals surface area contributed by atoms with Gasteiger partial charge in [-0.25, -0.2) is 0 Å². The van der Waals surface area contributed by atoms with Gasteiger partial charge >= 0.3 is 0 Å². The number of piperazine rings is 1. The maximum absolute atomic E-state index is 12.9. The van der Waals surface area contributed by atoms with E-state index in [1.165, 1.54) is 6.26 Å². The summed E-state index contributed by atoms with van der Waals surface area (Å²) in [6.07, 6.45) is 4.58. The SMILES string of the molecule is CC(C)CNC(=O)C1CCC(C(=O)N2CCN(C(=O)c3ccco3)CC2)CC1. The monoisotopic (exact) mass is 389 g/mol. The van der Waals surface area contributed by atoms with E-state index in [2.05, 4.69) is 19.2 Å². The van der Waals surface area contributed by atoms with Crippen LogP contribution >= 0.6 is 0 Å². The number of nitrogens with zero attached hydrogens (tertiary/aromatic N) is 2. The summed E-state index contributed by atoms with van der Waals surface area (Å²) in [6, 6.07) is 3.36. The second-order valence-corrected chi connectivity index (χ2v) is 8.28. The predicted octanol–water partition coefficient (Wildman–Crippen LogP) is 2.14. The molecule has 1 aromatic rings. The average Bonchev–Trinajstić information content (AvgIpc) is 3.26. The summed E-state index contributed by atoms with van der Waals surface area (Å²) in [5.41, 5.74) is 0. The zero-order valence-corrected chi connectivity index (χ0v) is 16.9. The van der Waals surface area contributed by atoms with Crippen LogP contribution in [0.15, 0.2) is 22.8 Å². The Labute approximate surface area is 166 Å². The molecule has 154 valence electrons. The van der Waals surface area contributed by atoms with Crippen LogP contribution in [0.4, 0.5) is 0 Å². The summed E-state index contributed by atoms with van der Waals surface area (Å²) in [6.45, 7) is 7.03. The topological polar surface area (TPSA) is 82.9 Å². The van der Waals surface area contributed by atoms with E-state index in [1.54, 1.807) is 17.0 Å². The van der Waals surface area contributed by atoms with Gasteiger partial charge in [0.15, 0.2) is 5.76 Å². The van der Waals surface area contributed by atoms with Gasteiger partial charge in [0.05, 0.1) is 6.26 Å². The Bertz CT molecular complexity index is 670. The Morgan fingerprint density at radius 2 is 1.64 bits per heavy atom. The summed E-state index contributed by atoms with van der Waals surface area (Å²) >= 11 is 0. The Morgan fingerprint density at radius 1 is 1.04 bits per heavy atom. The summed E-state index contributed by atoms with van der Waals surface area (Å²) in [5, 5.41) is 3.01. The van der Waals surface area contributed by atoms with E-state index in [1.807, 2.05) is 4.90 Å². The van der Waals surface area contributed by atoms with Gasteiger partial charge < -0.3 is 19.5 Å². The number of carbonyl (C=O) groups is 3. The fourth-order valence-corrected chi connectivity index (χ4v) is 4.00. The number of carbonyl (C=O) groups excluding carboxylic acids is 3. The van der Waals surface area contributed by atoms with Gasteiger partial charge in [0, 0.05) is 44.6 Å². The van der Waals surface area contributed by atoms with Gasteiger partial charge in [-0.1, -0.05) is 13.8 Å². The second-order valence-electron chi connectivity index (χ2n) is 8.28. The molecule has 0 atom stereocenters. The molecule has 2 fully saturated rings. The molecule has 7 heteroatoms. The highest BCUT2D eigenvalue weighted by atomic mass is 16.3. The van der Waals surface area contributed by atoms with Gasteiger partial charge in [0.25, 0.3) is 5.91 Å². The van der Waals surface area contributed by atoms with E-state index in [9.17, 15) is 14.4 Å². The minimum absolute atomic E-state index is 0.00136. The zero-order chi connectivity index (χ0) is 20.1. The first-order chi connectivity index (χ1) is 13.5. The maximum Gasteiger partial charge on any atom is 0.289 e. The van der Waals surface area contributed by atoms with E-state index in [-0.39, 0.29) is 29.6 Å². The molecule has 1 saturated heterocycles. The van der Waals surface area contributed by atoms with Gasteiger partial charge in [-0.2, -0.15) is 0 Å². The number of hydrogen-bond acceptors (Lipinski definition) is 4. The molecule has 1 saturated carbocycles. The lowest BCUT2D eigenvalue weighted by atomic mass is 9.80. The molecule has 0 radical (unpaired) electrons. The van der Waals surface area contributed by atoms with Crippen LogP contribution in [0.5, 0.6) is 0 Å². The standard InChI is InChI=1S/C21H31N3O4/c1-15(2)14-22-19(25)16-5-7-17(8-6-16)20(26)23-9-11-24(12-10-23)21(27)18-4-3-13-28-18/h3-4,13,15-17H,5-12,14H2,1-2H3,(H,22,25). The molecular formula is C21H31N3O4. The first kappa shape index (κ1) is 20.4. The van der Waals surface area contributed by atoms with E-state index in [0.717, 1.165) is 25.7 Å². The third-order valence-corrected chi connectivity index (χ3v) is 5.74. The van der Waals surface area contributed by atoms with Crippen LogP contribution in [0.25, 0.3) is 0 Å². The van der Waals surface area contributed by atoms with Crippen molar-refractivity contribution in [3.8, 4) is 0 Å². The van der Waals surface area contributed by atoms with E-state index < -0.39 is 0 Å². The largest absolute Gasteiger partial charge is 0.459 e. The fraction of sp³-hybridized carbons (Fsp3) is 0.667. The van der Waals surface area contributed by atoms with Crippen molar-refractivity contribution in [2.24, 2.45) is 17.8 Å². The molecule has 1 aliphatic carbocycles. The van der Waals surface area contributed by atoms with Gasteiger partial charge in [0.1, 0.15) is 0 Å². The van der Waals surface area contributed by atoms with Crippen LogP contribution in [-0.4, -0.2) is 60.2 Å². The van der Waals surface area contributed by atoms with Gasteiger partial charge in [-0.15, -0.1) is 0 Å². The van der Waals surface area contributed by atoms with Crippen molar-refractivity contribution in [1.29, 1.82) is 0 Å². The third kappa shape index (κ3) is 4.94. The molecule has 1 aliphatic heterocycles. The number of amides is 3. The molecule has 0 bridgehead atoms. The predicted molar refractivity (Wildman–Crippen MR) is 104 cm³/mol.